The number of nitrogens with one attached hydrogen (secondary N) is 2. The van der Waals surface area contributed by atoms with Crippen LogP contribution < -0.4 is 10.6 Å². The van der Waals surface area contributed by atoms with Gasteiger partial charge in [0.05, 0.1) is 0 Å². The fourth-order valence-electron chi connectivity index (χ4n) is 2.11. The van der Waals surface area contributed by atoms with Crippen molar-refractivity contribution in [2.45, 2.75) is 19.8 Å². The number of anilines is 2. The lowest BCUT2D eigenvalue weighted by atomic mass is 10.2. The summed E-state index contributed by atoms with van der Waals surface area (Å²) >= 11 is 11.9. The van der Waals surface area contributed by atoms with E-state index in [2.05, 4.69) is 10.6 Å². The quantitative estimate of drug-likeness (QED) is 0.664. The Balaban J connectivity index is 2.00. The van der Waals surface area contributed by atoms with Crippen LogP contribution in [0.15, 0.2) is 48.5 Å². The highest BCUT2D eigenvalue weighted by Crippen LogP contribution is 2.22. The van der Waals surface area contributed by atoms with Crippen LogP contribution in [0.5, 0.6) is 0 Å². The monoisotopic (exact) mass is 376 g/mol. The van der Waals surface area contributed by atoms with Crippen LogP contribution in [0.1, 0.15) is 25.3 Å². The van der Waals surface area contributed by atoms with Gasteiger partial charge in [-0.3, -0.25) is 9.59 Å². The Morgan fingerprint density at radius 2 is 1.76 bits per heavy atom. The number of carbonyl (C=O) groups excluding carboxylic acids is 2. The van der Waals surface area contributed by atoms with Gasteiger partial charge in [-0.15, -0.1) is 0 Å². The maximum absolute atomic E-state index is 12.0. The molecule has 0 bridgehead atoms. The van der Waals surface area contributed by atoms with Crippen molar-refractivity contribution in [3.63, 3.8) is 0 Å². The van der Waals surface area contributed by atoms with E-state index in [4.69, 9.17) is 23.2 Å². The summed E-state index contributed by atoms with van der Waals surface area (Å²) in [5, 5.41) is 6.54. The lowest BCUT2D eigenvalue weighted by molar-refractivity contribution is -0.116. The molecule has 4 nitrogen and oxygen atoms in total. The third-order valence-corrected chi connectivity index (χ3v) is 3.83. The first-order valence-electron chi connectivity index (χ1n) is 7.82. The zero-order valence-corrected chi connectivity index (χ0v) is 15.2. The van der Waals surface area contributed by atoms with Crippen LogP contribution >= 0.6 is 23.2 Å². The summed E-state index contributed by atoms with van der Waals surface area (Å²) in [5.41, 5.74) is 1.92. The number of halogens is 2. The number of amides is 2. The van der Waals surface area contributed by atoms with E-state index >= 15 is 0 Å². The molecule has 0 spiro atoms. The Hall–Kier alpha value is -2.30. The molecule has 0 heterocycles. The van der Waals surface area contributed by atoms with Gasteiger partial charge >= 0.3 is 0 Å². The zero-order chi connectivity index (χ0) is 18.2. The van der Waals surface area contributed by atoms with E-state index in [0.29, 0.717) is 33.4 Å². The van der Waals surface area contributed by atoms with Crippen molar-refractivity contribution in [1.29, 1.82) is 0 Å². The average Bonchev–Trinajstić information content (AvgIpc) is 2.54. The first-order valence-corrected chi connectivity index (χ1v) is 8.57. The van der Waals surface area contributed by atoms with E-state index in [-0.39, 0.29) is 11.8 Å². The average molecular weight is 377 g/mol. The first-order chi connectivity index (χ1) is 12.0. The molecule has 0 aliphatic carbocycles. The van der Waals surface area contributed by atoms with Crippen molar-refractivity contribution >= 4 is 52.5 Å². The molecule has 0 saturated heterocycles. The summed E-state index contributed by atoms with van der Waals surface area (Å²) < 4.78 is 0. The summed E-state index contributed by atoms with van der Waals surface area (Å²) in [5.74, 6) is -0.355. The van der Waals surface area contributed by atoms with Crippen molar-refractivity contribution in [1.82, 2.24) is 0 Å². The molecule has 2 amide bonds. The third kappa shape index (κ3) is 6.25. The van der Waals surface area contributed by atoms with Crippen molar-refractivity contribution < 1.29 is 9.59 Å². The van der Waals surface area contributed by atoms with Gasteiger partial charge in [0, 0.05) is 33.9 Å². The van der Waals surface area contributed by atoms with Crippen molar-refractivity contribution in [3.05, 3.63) is 64.1 Å². The maximum atomic E-state index is 12.0. The standard InChI is InChI=1S/C19H18Cl2N2O2/c1-2-4-18(24)22-15-5-3-6-16(12-15)23-19(25)10-8-13-7-9-14(20)11-17(13)21/h3,5-12H,2,4H2,1H3,(H,22,24)(H,23,25). The lowest BCUT2D eigenvalue weighted by Gasteiger charge is -2.07. The topological polar surface area (TPSA) is 58.2 Å². The molecule has 2 aromatic rings. The van der Waals surface area contributed by atoms with Gasteiger partial charge in [-0.2, -0.15) is 0 Å². The smallest absolute Gasteiger partial charge is 0.248 e. The molecule has 0 saturated carbocycles. The lowest BCUT2D eigenvalue weighted by Crippen LogP contribution is -2.12. The normalized spacial score (nSPS) is 10.7. The molecule has 0 unspecified atom stereocenters. The van der Waals surface area contributed by atoms with Crippen LogP contribution in [0.3, 0.4) is 0 Å². The van der Waals surface area contributed by atoms with Crippen LogP contribution in [0, 0.1) is 0 Å². The summed E-state index contributed by atoms with van der Waals surface area (Å²) in [4.78, 5) is 23.7. The molecule has 0 fully saturated rings. The molecule has 6 heteroatoms. The van der Waals surface area contributed by atoms with Crippen molar-refractivity contribution in [2.75, 3.05) is 10.6 Å². The molecule has 0 aliphatic rings. The molecule has 2 aromatic carbocycles. The minimum Gasteiger partial charge on any atom is -0.326 e. The summed E-state index contributed by atoms with van der Waals surface area (Å²) in [7, 11) is 0. The summed E-state index contributed by atoms with van der Waals surface area (Å²) in [6.07, 6.45) is 4.24. The number of carbonyl (C=O) groups is 2. The molecule has 0 aliphatic heterocycles. The van der Waals surface area contributed by atoms with Gasteiger partial charge in [0.2, 0.25) is 11.8 Å². The van der Waals surface area contributed by atoms with Gasteiger partial charge in [-0.05, 0) is 48.4 Å². The Morgan fingerprint density at radius 1 is 1.04 bits per heavy atom. The predicted octanol–water partition coefficient (Wildman–Crippen LogP) is 5.38. The fourth-order valence-corrected chi connectivity index (χ4v) is 2.58. The highest BCUT2D eigenvalue weighted by Gasteiger charge is 2.04. The molecule has 0 aromatic heterocycles. The van der Waals surface area contributed by atoms with Crippen LogP contribution in [0.2, 0.25) is 10.0 Å². The van der Waals surface area contributed by atoms with Gasteiger partial charge in [0.25, 0.3) is 0 Å². The summed E-state index contributed by atoms with van der Waals surface area (Å²) in [6.45, 7) is 1.94. The molecular formula is C19H18Cl2N2O2. The molecule has 0 atom stereocenters. The third-order valence-electron chi connectivity index (χ3n) is 3.27. The second kappa shape index (κ2) is 9.25. The fraction of sp³-hybridized carbons (Fsp3) is 0.158. The number of rotatable bonds is 6. The number of hydrogen-bond acceptors (Lipinski definition) is 2. The van der Waals surface area contributed by atoms with Crippen molar-refractivity contribution in [3.8, 4) is 0 Å². The Morgan fingerprint density at radius 3 is 2.44 bits per heavy atom. The van der Waals surface area contributed by atoms with Gasteiger partial charge < -0.3 is 10.6 Å². The van der Waals surface area contributed by atoms with Crippen LogP contribution in [-0.2, 0) is 9.59 Å². The van der Waals surface area contributed by atoms with Gasteiger partial charge in [0.1, 0.15) is 0 Å². The predicted molar refractivity (Wildman–Crippen MR) is 104 cm³/mol. The van der Waals surface area contributed by atoms with Crippen molar-refractivity contribution in [2.24, 2.45) is 0 Å². The molecule has 0 radical (unpaired) electrons. The SMILES string of the molecule is CCCC(=O)Nc1cccc(NC(=O)C=Cc2ccc(Cl)cc2Cl)c1. The molecular weight excluding hydrogens is 359 g/mol. The van der Waals surface area contributed by atoms with Gasteiger partial charge in [0.15, 0.2) is 0 Å². The van der Waals surface area contributed by atoms with E-state index in [0.717, 1.165) is 6.42 Å². The van der Waals surface area contributed by atoms with Crippen LogP contribution in [-0.4, -0.2) is 11.8 Å². The zero-order valence-electron chi connectivity index (χ0n) is 13.7. The second-order valence-corrected chi connectivity index (χ2v) is 6.21. The van der Waals surface area contributed by atoms with Gasteiger partial charge in [-0.1, -0.05) is 42.3 Å². The molecule has 25 heavy (non-hydrogen) atoms. The number of benzene rings is 2. The van der Waals surface area contributed by atoms with E-state index in [9.17, 15) is 9.59 Å². The molecule has 2 N–H and O–H groups in total. The largest absolute Gasteiger partial charge is 0.326 e. The van der Waals surface area contributed by atoms with E-state index in [1.807, 2.05) is 6.92 Å². The highest BCUT2D eigenvalue weighted by atomic mass is 35.5. The number of hydrogen-bond donors (Lipinski definition) is 2. The van der Waals surface area contributed by atoms with E-state index in [1.165, 1.54) is 6.08 Å². The minimum absolute atomic E-state index is 0.0525. The van der Waals surface area contributed by atoms with Crippen LogP contribution in [0.25, 0.3) is 6.08 Å². The Bertz CT molecular complexity index is 804. The molecule has 2 rings (SSSR count). The Kier molecular flexibility index (Phi) is 7.04. The van der Waals surface area contributed by atoms with E-state index in [1.54, 1.807) is 48.5 Å². The second-order valence-electron chi connectivity index (χ2n) is 5.37. The minimum atomic E-state index is -0.303. The van der Waals surface area contributed by atoms with Crippen LogP contribution in [0.4, 0.5) is 11.4 Å². The summed E-state index contributed by atoms with van der Waals surface area (Å²) in [6, 6.07) is 12.0. The maximum Gasteiger partial charge on any atom is 0.248 e. The molecule has 130 valence electrons. The first kappa shape index (κ1) is 19.0. The van der Waals surface area contributed by atoms with Gasteiger partial charge in [-0.25, -0.2) is 0 Å². The van der Waals surface area contributed by atoms with E-state index < -0.39 is 0 Å². The highest BCUT2D eigenvalue weighted by molar-refractivity contribution is 6.35. The Labute approximate surface area is 156 Å².